The van der Waals surface area contributed by atoms with Crippen LogP contribution in [-0.2, 0) is 13.0 Å². The number of nitrogens with two attached hydrogens (primary N) is 1. The lowest BCUT2D eigenvalue weighted by molar-refractivity contribution is 0.460. The molecule has 3 rings (SSSR count). The van der Waals surface area contributed by atoms with Gasteiger partial charge in [-0.25, -0.2) is 14.4 Å². The molecule has 0 radical (unpaired) electrons. The van der Waals surface area contributed by atoms with Gasteiger partial charge in [-0.05, 0) is 48.0 Å². The zero-order valence-electron chi connectivity index (χ0n) is 14.7. The van der Waals surface area contributed by atoms with E-state index in [2.05, 4.69) is 20.3 Å². The van der Waals surface area contributed by atoms with Crippen molar-refractivity contribution in [2.45, 2.75) is 13.0 Å². The topological polar surface area (TPSA) is 85.4 Å². The average molecular weight is 365 g/mol. The maximum atomic E-state index is 12.9. The van der Waals surface area contributed by atoms with E-state index in [1.807, 2.05) is 24.3 Å². The van der Waals surface area contributed by atoms with Crippen molar-refractivity contribution in [2.24, 2.45) is 10.7 Å². The number of nitrogens with zero attached hydrogens (tertiary/aromatic N) is 3. The lowest BCUT2D eigenvalue weighted by Crippen LogP contribution is -2.33. The van der Waals surface area contributed by atoms with Crippen LogP contribution in [0.2, 0.25) is 0 Å². The maximum Gasteiger partial charge on any atom is 0.219 e. The number of halogens is 1. The van der Waals surface area contributed by atoms with Crippen LogP contribution in [0.5, 0.6) is 11.6 Å². The van der Waals surface area contributed by atoms with Crippen LogP contribution in [0.15, 0.2) is 72.0 Å². The van der Waals surface area contributed by atoms with Gasteiger partial charge in [0, 0.05) is 37.1 Å². The molecule has 138 valence electrons. The zero-order chi connectivity index (χ0) is 18.9. The minimum atomic E-state index is -0.315. The molecule has 3 N–H and O–H groups in total. The Labute approximate surface area is 157 Å². The smallest absolute Gasteiger partial charge is 0.219 e. The Morgan fingerprint density at radius 1 is 1.07 bits per heavy atom. The minimum Gasteiger partial charge on any atom is -0.439 e. The molecule has 0 aliphatic rings. The van der Waals surface area contributed by atoms with Gasteiger partial charge in [0.25, 0.3) is 0 Å². The third kappa shape index (κ3) is 6.07. The Balaban J connectivity index is 1.51. The van der Waals surface area contributed by atoms with Gasteiger partial charge in [0.1, 0.15) is 11.6 Å². The van der Waals surface area contributed by atoms with Crippen molar-refractivity contribution < 1.29 is 9.13 Å². The van der Waals surface area contributed by atoms with Crippen molar-refractivity contribution >= 4 is 5.96 Å². The molecule has 0 fully saturated rings. The number of aliphatic imine (C=N–C) groups is 1. The number of nitrogens with one attached hydrogen (secondary N) is 1. The first-order chi connectivity index (χ1) is 13.2. The third-order valence-electron chi connectivity index (χ3n) is 3.68. The van der Waals surface area contributed by atoms with E-state index >= 15 is 0 Å². The highest BCUT2D eigenvalue weighted by Gasteiger charge is 2.02. The fraction of sp³-hybridized carbons (Fsp3) is 0.150. The normalized spacial score (nSPS) is 11.2. The van der Waals surface area contributed by atoms with Gasteiger partial charge in [-0.1, -0.05) is 6.07 Å². The first-order valence-electron chi connectivity index (χ1n) is 8.51. The van der Waals surface area contributed by atoms with Gasteiger partial charge in [-0.2, -0.15) is 0 Å². The van der Waals surface area contributed by atoms with Crippen LogP contribution in [0.1, 0.15) is 11.3 Å². The summed E-state index contributed by atoms with van der Waals surface area (Å²) in [6.45, 7) is 1.05. The number of benzene rings is 1. The molecule has 0 aliphatic carbocycles. The predicted molar refractivity (Wildman–Crippen MR) is 102 cm³/mol. The molecule has 0 unspecified atom stereocenters. The van der Waals surface area contributed by atoms with Gasteiger partial charge >= 0.3 is 0 Å². The summed E-state index contributed by atoms with van der Waals surface area (Å²) in [6, 6.07) is 15.2. The molecule has 2 aromatic heterocycles. The van der Waals surface area contributed by atoms with Gasteiger partial charge in [-0.15, -0.1) is 0 Å². The third-order valence-corrected chi connectivity index (χ3v) is 3.68. The van der Waals surface area contributed by atoms with Crippen molar-refractivity contribution in [3.8, 4) is 11.6 Å². The van der Waals surface area contributed by atoms with E-state index in [1.165, 1.54) is 12.1 Å². The van der Waals surface area contributed by atoms with Gasteiger partial charge in [-0.3, -0.25) is 4.98 Å². The molecule has 0 amide bonds. The van der Waals surface area contributed by atoms with Crippen LogP contribution in [0.25, 0.3) is 0 Å². The number of hydrogen-bond acceptors (Lipinski definition) is 4. The van der Waals surface area contributed by atoms with Crippen LogP contribution in [0, 0.1) is 5.82 Å². The first-order valence-corrected chi connectivity index (χ1v) is 8.51. The standard InChI is InChI=1S/C20H20FN5O/c21-16-4-6-18(7-5-16)27-19-13-15(8-11-24-19)14-26-20(22)25-12-9-17-3-1-2-10-23-17/h1-8,10-11,13H,9,12,14H2,(H3,22,25,26). The molecule has 0 saturated carbocycles. The van der Waals surface area contributed by atoms with Crippen LogP contribution < -0.4 is 15.8 Å². The number of pyridine rings is 2. The van der Waals surface area contributed by atoms with E-state index in [9.17, 15) is 4.39 Å². The summed E-state index contributed by atoms with van der Waals surface area (Å²) in [5.41, 5.74) is 7.79. The Bertz CT molecular complexity index is 884. The summed E-state index contributed by atoms with van der Waals surface area (Å²) < 4.78 is 18.6. The Morgan fingerprint density at radius 2 is 1.93 bits per heavy atom. The molecule has 7 heteroatoms. The largest absolute Gasteiger partial charge is 0.439 e. The maximum absolute atomic E-state index is 12.9. The molecular weight excluding hydrogens is 345 g/mol. The van der Waals surface area contributed by atoms with Gasteiger partial charge in [0.15, 0.2) is 5.96 Å². The second-order valence-electron chi connectivity index (χ2n) is 5.76. The van der Waals surface area contributed by atoms with E-state index in [0.717, 1.165) is 17.7 Å². The van der Waals surface area contributed by atoms with Crippen molar-refractivity contribution in [2.75, 3.05) is 6.54 Å². The van der Waals surface area contributed by atoms with Crippen molar-refractivity contribution in [1.29, 1.82) is 0 Å². The summed E-state index contributed by atoms with van der Waals surface area (Å²) in [6.07, 6.45) is 4.16. The SMILES string of the molecule is NC(=NCc1ccnc(Oc2ccc(F)cc2)c1)NCCc1ccccn1. The van der Waals surface area contributed by atoms with E-state index in [0.29, 0.717) is 30.7 Å². The molecule has 2 heterocycles. The summed E-state index contributed by atoms with van der Waals surface area (Å²) in [5, 5.41) is 3.07. The highest BCUT2D eigenvalue weighted by atomic mass is 19.1. The number of rotatable bonds is 7. The van der Waals surface area contributed by atoms with Crippen LogP contribution >= 0.6 is 0 Å². The van der Waals surface area contributed by atoms with Gasteiger partial charge < -0.3 is 15.8 Å². The van der Waals surface area contributed by atoms with Crippen LogP contribution in [0.4, 0.5) is 4.39 Å². The fourth-order valence-electron chi connectivity index (χ4n) is 2.33. The second-order valence-corrected chi connectivity index (χ2v) is 5.76. The minimum absolute atomic E-state index is 0.315. The van der Waals surface area contributed by atoms with E-state index in [-0.39, 0.29) is 5.82 Å². The summed E-state index contributed by atoms with van der Waals surface area (Å²) >= 11 is 0. The average Bonchev–Trinajstić information content (AvgIpc) is 2.69. The monoisotopic (exact) mass is 365 g/mol. The molecule has 0 atom stereocenters. The molecular formula is C20H20FN5O. The van der Waals surface area contributed by atoms with Gasteiger partial charge in [0.2, 0.25) is 5.88 Å². The molecule has 27 heavy (non-hydrogen) atoms. The molecule has 3 aromatic rings. The molecule has 1 aromatic carbocycles. The highest BCUT2D eigenvalue weighted by Crippen LogP contribution is 2.20. The Morgan fingerprint density at radius 3 is 2.70 bits per heavy atom. The molecule has 0 bridgehead atoms. The van der Waals surface area contributed by atoms with E-state index in [4.69, 9.17) is 10.5 Å². The van der Waals surface area contributed by atoms with Crippen LogP contribution in [0.3, 0.4) is 0 Å². The lowest BCUT2D eigenvalue weighted by Gasteiger charge is -2.07. The molecule has 0 aliphatic heterocycles. The number of aromatic nitrogens is 2. The van der Waals surface area contributed by atoms with E-state index in [1.54, 1.807) is 30.6 Å². The second kappa shape index (κ2) is 9.28. The number of ether oxygens (including phenoxy) is 1. The van der Waals surface area contributed by atoms with Crippen LogP contribution in [-0.4, -0.2) is 22.5 Å². The summed E-state index contributed by atoms with van der Waals surface area (Å²) in [7, 11) is 0. The first kappa shape index (κ1) is 18.3. The highest BCUT2D eigenvalue weighted by molar-refractivity contribution is 5.77. The van der Waals surface area contributed by atoms with Gasteiger partial charge in [0.05, 0.1) is 6.54 Å². The molecule has 6 nitrogen and oxygen atoms in total. The Hall–Kier alpha value is -3.48. The lowest BCUT2D eigenvalue weighted by atomic mass is 10.2. The summed E-state index contributed by atoms with van der Waals surface area (Å²) in [5.74, 6) is 0.976. The fourth-order valence-corrected chi connectivity index (χ4v) is 2.33. The predicted octanol–water partition coefficient (Wildman–Crippen LogP) is 3.06. The number of hydrogen-bond donors (Lipinski definition) is 2. The Kier molecular flexibility index (Phi) is 6.30. The number of guanidine groups is 1. The van der Waals surface area contributed by atoms with Crippen molar-refractivity contribution in [3.05, 3.63) is 84.1 Å². The molecule has 0 saturated heterocycles. The summed E-state index contributed by atoms with van der Waals surface area (Å²) in [4.78, 5) is 12.7. The van der Waals surface area contributed by atoms with E-state index < -0.39 is 0 Å². The molecule has 0 spiro atoms. The van der Waals surface area contributed by atoms with Crippen molar-refractivity contribution in [1.82, 2.24) is 15.3 Å². The zero-order valence-corrected chi connectivity index (χ0v) is 14.7. The van der Waals surface area contributed by atoms with Crippen molar-refractivity contribution in [3.63, 3.8) is 0 Å². The quantitative estimate of drug-likeness (QED) is 0.496.